The number of halogens is 1. The first kappa shape index (κ1) is 19.0. The third kappa shape index (κ3) is 7.64. The van der Waals surface area contributed by atoms with Crippen LogP contribution in [0.5, 0.6) is 5.75 Å². The Bertz CT molecular complexity index is 765. The molecule has 0 aromatic heterocycles. The zero-order valence-electron chi connectivity index (χ0n) is 12.1. The SMILES string of the molecule is CS(=O)(=O)O.O=C(O)c1ccccc1OCc1ccccc1Cl. The van der Waals surface area contributed by atoms with Crippen molar-refractivity contribution in [3.8, 4) is 5.75 Å². The summed E-state index contributed by atoms with van der Waals surface area (Å²) >= 11 is 6.00. The molecule has 0 atom stereocenters. The van der Waals surface area contributed by atoms with Gasteiger partial charge >= 0.3 is 5.97 Å². The van der Waals surface area contributed by atoms with Crippen LogP contribution in [0.2, 0.25) is 5.02 Å². The molecular formula is C15H15ClO6S. The number of rotatable bonds is 4. The van der Waals surface area contributed by atoms with E-state index in [9.17, 15) is 13.2 Å². The number of carbonyl (C=O) groups is 1. The molecule has 2 aromatic carbocycles. The Hall–Kier alpha value is -2.09. The summed E-state index contributed by atoms with van der Waals surface area (Å²) in [6, 6.07) is 13.8. The van der Waals surface area contributed by atoms with Gasteiger partial charge in [0.15, 0.2) is 0 Å². The van der Waals surface area contributed by atoms with Crippen LogP contribution in [0.4, 0.5) is 0 Å². The number of hydrogen-bond acceptors (Lipinski definition) is 4. The second kappa shape index (κ2) is 8.52. The predicted molar refractivity (Wildman–Crippen MR) is 86.7 cm³/mol. The number of ether oxygens (including phenoxy) is 1. The molecule has 6 nitrogen and oxygen atoms in total. The van der Waals surface area contributed by atoms with Crippen LogP contribution in [0.25, 0.3) is 0 Å². The summed E-state index contributed by atoms with van der Waals surface area (Å²) in [6.07, 6.45) is 0.715. The van der Waals surface area contributed by atoms with Gasteiger partial charge in [-0.2, -0.15) is 8.42 Å². The van der Waals surface area contributed by atoms with E-state index in [2.05, 4.69) is 0 Å². The average molecular weight is 359 g/mol. The van der Waals surface area contributed by atoms with Gasteiger partial charge in [0.1, 0.15) is 17.9 Å². The first-order chi connectivity index (χ1) is 10.7. The van der Waals surface area contributed by atoms with Crippen molar-refractivity contribution in [2.45, 2.75) is 6.61 Å². The molecule has 124 valence electrons. The summed E-state index contributed by atoms with van der Waals surface area (Å²) in [5, 5.41) is 9.61. The average Bonchev–Trinajstić information content (AvgIpc) is 2.45. The van der Waals surface area contributed by atoms with Gasteiger partial charge in [0.2, 0.25) is 0 Å². The van der Waals surface area contributed by atoms with Crippen molar-refractivity contribution in [1.82, 2.24) is 0 Å². The van der Waals surface area contributed by atoms with E-state index in [1.807, 2.05) is 18.2 Å². The highest BCUT2D eigenvalue weighted by molar-refractivity contribution is 7.85. The molecule has 0 unspecified atom stereocenters. The minimum Gasteiger partial charge on any atom is -0.488 e. The van der Waals surface area contributed by atoms with Crippen LogP contribution in [0, 0.1) is 0 Å². The molecule has 0 aliphatic heterocycles. The number of hydrogen-bond donors (Lipinski definition) is 2. The fourth-order valence-electron chi connectivity index (χ4n) is 1.54. The van der Waals surface area contributed by atoms with Crippen LogP contribution in [-0.2, 0) is 16.7 Å². The third-order valence-corrected chi connectivity index (χ3v) is 2.83. The molecule has 0 aliphatic carbocycles. The van der Waals surface area contributed by atoms with Gasteiger partial charge in [-0.25, -0.2) is 4.79 Å². The van der Waals surface area contributed by atoms with Crippen molar-refractivity contribution in [2.75, 3.05) is 6.26 Å². The Labute approximate surface area is 139 Å². The molecule has 0 fully saturated rings. The fourth-order valence-corrected chi connectivity index (χ4v) is 1.73. The second-order valence-corrected chi connectivity index (χ2v) is 6.29. The van der Waals surface area contributed by atoms with E-state index in [0.29, 0.717) is 17.0 Å². The number of aromatic carboxylic acids is 1. The smallest absolute Gasteiger partial charge is 0.339 e. The molecule has 23 heavy (non-hydrogen) atoms. The Balaban J connectivity index is 0.000000463. The van der Waals surface area contributed by atoms with Gasteiger partial charge in [-0.1, -0.05) is 41.9 Å². The monoisotopic (exact) mass is 358 g/mol. The summed E-state index contributed by atoms with van der Waals surface area (Å²) in [4.78, 5) is 11.0. The van der Waals surface area contributed by atoms with Crippen LogP contribution >= 0.6 is 11.6 Å². The Morgan fingerprint density at radius 2 is 1.65 bits per heavy atom. The summed E-state index contributed by atoms with van der Waals surface area (Å²) in [5.74, 6) is -0.672. The minimum absolute atomic E-state index is 0.143. The van der Waals surface area contributed by atoms with Gasteiger partial charge in [-0.15, -0.1) is 0 Å². The molecule has 0 amide bonds. The third-order valence-electron chi connectivity index (χ3n) is 2.46. The highest BCUT2D eigenvalue weighted by Gasteiger charge is 2.10. The first-order valence-electron chi connectivity index (χ1n) is 6.29. The van der Waals surface area contributed by atoms with Crippen molar-refractivity contribution < 1.29 is 27.6 Å². The number of para-hydroxylation sites is 1. The lowest BCUT2D eigenvalue weighted by molar-refractivity contribution is 0.0691. The highest BCUT2D eigenvalue weighted by Crippen LogP contribution is 2.21. The zero-order chi connectivity index (χ0) is 17.5. The van der Waals surface area contributed by atoms with Crippen LogP contribution in [-0.4, -0.2) is 30.3 Å². The summed E-state index contributed by atoms with van der Waals surface area (Å²) in [6.45, 7) is 0.240. The van der Waals surface area contributed by atoms with E-state index in [-0.39, 0.29) is 12.2 Å². The van der Waals surface area contributed by atoms with E-state index < -0.39 is 16.1 Å². The van der Waals surface area contributed by atoms with Crippen LogP contribution < -0.4 is 4.74 Å². The Kier molecular flexibility index (Phi) is 7.02. The van der Waals surface area contributed by atoms with Crippen LogP contribution in [0.3, 0.4) is 0 Å². The molecule has 0 bridgehead atoms. The number of carboxylic acid groups (broad SMARTS) is 1. The van der Waals surface area contributed by atoms with Crippen molar-refractivity contribution in [3.63, 3.8) is 0 Å². The topological polar surface area (TPSA) is 101 Å². The van der Waals surface area contributed by atoms with Crippen LogP contribution in [0.1, 0.15) is 15.9 Å². The molecule has 0 spiro atoms. The summed E-state index contributed by atoms with van der Waals surface area (Å²) in [7, 11) is -3.67. The molecule has 2 aromatic rings. The number of carboxylic acids is 1. The molecular weight excluding hydrogens is 344 g/mol. The van der Waals surface area contributed by atoms with Crippen molar-refractivity contribution >= 4 is 27.7 Å². The molecule has 2 N–H and O–H groups in total. The lowest BCUT2D eigenvalue weighted by Crippen LogP contribution is -2.03. The van der Waals surface area contributed by atoms with Crippen molar-refractivity contribution in [2.24, 2.45) is 0 Å². The largest absolute Gasteiger partial charge is 0.488 e. The first-order valence-corrected chi connectivity index (χ1v) is 8.52. The molecule has 8 heteroatoms. The van der Waals surface area contributed by atoms with E-state index >= 15 is 0 Å². The van der Waals surface area contributed by atoms with Gasteiger partial charge in [-0.05, 0) is 18.2 Å². The van der Waals surface area contributed by atoms with E-state index in [4.69, 9.17) is 26.0 Å². The predicted octanol–water partition coefficient (Wildman–Crippen LogP) is 3.12. The normalized spacial score (nSPS) is 10.4. The second-order valence-electron chi connectivity index (χ2n) is 4.41. The lowest BCUT2D eigenvalue weighted by Gasteiger charge is -2.09. The molecule has 0 aliphatic rings. The van der Waals surface area contributed by atoms with Gasteiger partial charge in [0.25, 0.3) is 10.1 Å². The van der Waals surface area contributed by atoms with E-state index in [0.717, 1.165) is 5.56 Å². The minimum atomic E-state index is -3.67. The van der Waals surface area contributed by atoms with Gasteiger partial charge in [-0.3, -0.25) is 4.55 Å². The maximum Gasteiger partial charge on any atom is 0.339 e. The molecule has 0 radical (unpaired) electrons. The number of benzene rings is 2. The Morgan fingerprint density at radius 1 is 1.13 bits per heavy atom. The van der Waals surface area contributed by atoms with Crippen molar-refractivity contribution in [3.05, 3.63) is 64.7 Å². The van der Waals surface area contributed by atoms with E-state index in [1.54, 1.807) is 24.3 Å². The fraction of sp³-hybridized carbons (Fsp3) is 0.133. The van der Waals surface area contributed by atoms with E-state index in [1.165, 1.54) is 6.07 Å². The maximum absolute atomic E-state index is 11.0. The zero-order valence-corrected chi connectivity index (χ0v) is 13.7. The van der Waals surface area contributed by atoms with Crippen molar-refractivity contribution in [1.29, 1.82) is 0 Å². The molecule has 0 heterocycles. The van der Waals surface area contributed by atoms with Gasteiger partial charge < -0.3 is 9.84 Å². The Morgan fingerprint density at radius 3 is 2.22 bits per heavy atom. The molecule has 2 rings (SSSR count). The molecule has 0 saturated heterocycles. The van der Waals surface area contributed by atoms with Gasteiger partial charge in [0.05, 0.1) is 6.26 Å². The quantitative estimate of drug-likeness (QED) is 0.814. The summed E-state index contributed by atoms with van der Waals surface area (Å²) < 4.78 is 31.4. The van der Waals surface area contributed by atoms with Gasteiger partial charge in [0, 0.05) is 10.6 Å². The van der Waals surface area contributed by atoms with Crippen LogP contribution in [0.15, 0.2) is 48.5 Å². The molecule has 0 saturated carbocycles. The summed E-state index contributed by atoms with van der Waals surface area (Å²) in [5.41, 5.74) is 0.962. The maximum atomic E-state index is 11.0. The lowest BCUT2D eigenvalue weighted by atomic mass is 10.2. The standard InChI is InChI=1S/C14H11ClO3.CH4O3S/c15-12-7-3-1-5-10(12)9-18-13-8-4-2-6-11(13)14(16)17;1-5(2,3)4/h1-8H,9H2,(H,16,17);1H3,(H,2,3,4). The highest BCUT2D eigenvalue weighted by atomic mass is 35.5.